The first-order valence-corrected chi connectivity index (χ1v) is 7.94. The number of ether oxygens (including phenoxy) is 1. The zero-order valence-corrected chi connectivity index (χ0v) is 12.6. The van der Waals surface area contributed by atoms with E-state index in [4.69, 9.17) is 10.5 Å². The van der Waals surface area contributed by atoms with Gasteiger partial charge in [0.15, 0.2) is 0 Å². The molecule has 4 N–H and O–H groups in total. The summed E-state index contributed by atoms with van der Waals surface area (Å²) in [5, 5.41) is 19.9. The lowest BCUT2D eigenvalue weighted by Crippen LogP contribution is -2.32. The van der Waals surface area contributed by atoms with Crippen LogP contribution >= 0.6 is 0 Å². The molecule has 4 nitrogen and oxygen atoms in total. The Labute approximate surface area is 126 Å². The Balaban J connectivity index is 1.99. The van der Waals surface area contributed by atoms with Crippen LogP contribution in [0.25, 0.3) is 0 Å². The predicted molar refractivity (Wildman–Crippen MR) is 83.2 cm³/mol. The van der Waals surface area contributed by atoms with Crippen LogP contribution in [0.4, 0.5) is 0 Å². The summed E-state index contributed by atoms with van der Waals surface area (Å²) in [6.45, 7) is 0.721. The monoisotopic (exact) mass is 293 g/mol. The third-order valence-corrected chi connectivity index (χ3v) is 4.40. The SMILES string of the molecule is NCCC(O)(CO)c1cccc(OCC2CCCCC2)c1. The Morgan fingerprint density at radius 3 is 2.67 bits per heavy atom. The van der Waals surface area contributed by atoms with E-state index in [2.05, 4.69) is 0 Å². The zero-order valence-electron chi connectivity index (χ0n) is 12.6. The van der Waals surface area contributed by atoms with E-state index >= 15 is 0 Å². The van der Waals surface area contributed by atoms with E-state index in [1.807, 2.05) is 18.2 Å². The molecule has 0 heterocycles. The van der Waals surface area contributed by atoms with Gasteiger partial charge in [-0.25, -0.2) is 0 Å². The Kier molecular flexibility index (Phi) is 6.03. The zero-order chi connectivity index (χ0) is 15.1. The first-order chi connectivity index (χ1) is 10.2. The van der Waals surface area contributed by atoms with Crippen molar-refractivity contribution in [1.82, 2.24) is 0 Å². The summed E-state index contributed by atoms with van der Waals surface area (Å²) < 4.78 is 5.88. The minimum absolute atomic E-state index is 0.324. The van der Waals surface area contributed by atoms with E-state index in [1.165, 1.54) is 32.1 Å². The van der Waals surface area contributed by atoms with Crippen molar-refractivity contribution in [3.8, 4) is 5.75 Å². The Hall–Kier alpha value is -1.10. The van der Waals surface area contributed by atoms with Crippen molar-refractivity contribution in [3.05, 3.63) is 29.8 Å². The first kappa shape index (κ1) is 16.3. The number of benzene rings is 1. The average Bonchev–Trinajstić information content (AvgIpc) is 2.54. The highest BCUT2D eigenvalue weighted by molar-refractivity contribution is 5.32. The molecule has 0 spiro atoms. The number of hydrogen-bond acceptors (Lipinski definition) is 4. The molecular formula is C17H27NO3. The summed E-state index contributed by atoms with van der Waals surface area (Å²) in [7, 11) is 0. The molecule has 0 bridgehead atoms. The van der Waals surface area contributed by atoms with Gasteiger partial charge in [0, 0.05) is 0 Å². The second kappa shape index (κ2) is 7.78. The molecule has 1 aromatic rings. The fourth-order valence-corrected chi connectivity index (χ4v) is 3.00. The van der Waals surface area contributed by atoms with Crippen LogP contribution in [0.5, 0.6) is 5.75 Å². The number of hydrogen-bond donors (Lipinski definition) is 3. The molecule has 21 heavy (non-hydrogen) atoms. The van der Waals surface area contributed by atoms with Gasteiger partial charge in [-0.15, -0.1) is 0 Å². The smallest absolute Gasteiger partial charge is 0.119 e. The number of nitrogens with two attached hydrogens (primary N) is 1. The Bertz CT molecular complexity index is 432. The van der Waals surface area contributed by atoms with E-state index in [0.717, 1.165) is 12.4 Å². The topological polar surface area (TPSA) is 75.7 Å². The van der Waals surface area contributed by atoms with Crippen molar-refractivity contribution in [3.63, 3.8) is 0 Å². The van der Waals surface area contributed by atoms with E-state index in [9.17, 15) is 10.2 Å². The molecule has 0 radical (unpaired) electrons. The number of aliphatic hydroxyl groups excluding tert-OH is 1. The molecule has 118 valence electrons. The van der Waals surface area contributed by atoms with Crippen LogP contribution in [0.2, 0.25) is 0 Å². The van der Waals surface area contributed by atoms with Crippen molar-refractivity contribution in [2.24, 2.45) is 11.7 Å². The molecule has 0 amide bonds. The molecule has 2 rings (SSSR count). The lowest BCUT2D eigenvalue weighted by atomic mass is 9.90. The molecule has 4 heteroatoms. The van der Waals surface area contributed by atoms with E-state index < -0.39 is 5.60 Å². The molecule has 1 atom stereocenters. The lowest BCUT2D eigenvalue weighted by Gasteiger charge is -2.26. The van der Waals surface area contributed by atoms with Crippen molar-refractivity contribution in [1.29, 1.82) is 0 Å². The maximum Gasteiger partial charge on any atom is 0.119 e. The summed E-state index contributed by atoms with van der Waals surface area (Å²) in [5.41, 5.74) is 4.90. The fraction of sp³-hybridized carbons (Fsp3) is 0.647. The molecular weight excluding hydrogens is 266 g/mol. The lowest BCUT2D eigenvalue weighted by molar-refractivity contribution is -0.0242. The van der Waals surface area contributed by atoms with Crippen LogP contribution in [0.15, 0.2) is 24.3 Å². The third-order valence-electron chi connectivity index (χ3n) is 4.40. The van der Waals surface area contributed by atoms with Gasteiger partial charge in [-0.2, -0.15) is 0 Å². The van der Waals surface area contributed by atoms with Gasteiger partial charge in [0.2, 0.25) is 0 Å². The van der Waals surface area contributed by atoms with Crippen molar-refractivity contribution < 1.29 is 14.9 Å². The van der Waals surface area contributed by atoms with Crippen LogP contribution in [0, 0.1) is 5.92 Å². The maximum atomic E-state index is 10.4. The summed E-state index contributed by atoms with van der Waals surface area (Å²) in [6, 6.07) is 7.36. The van der Waals surface area contributed by atoms with E-state index in [-0.39, 0.29) is 6.61 Å². The normalized spacial score (nSPS) is 19.2. The van der Waals surface area contributed by atoms with E-state index in [1.54, 1.807) is 6.07 Å². The van der Waals surface area contributed by atoms with Crippen molar-refractivity contribution in [2.75, 3.05) is 19.8 Å². The van der Waals surface area contributed by atoms with Crippen LogP contribution in [0.1, 0.15) is 44.1 Å². The second-order valence-corrected chi connectivity index (χ2v) is 6.07. The molecule has 1 aliphatic rings. The third kappa shape index (κ3) is 4.43. The van der Waals surface area contributed by atoms with E-state index in [0.29, 0.717) is 24.4 Å². The molecule has 1 fully saturated rings. The Morgan fingerprint density at radius 2 is 2.00 bits per heavy atom. The molecule has 1 aliphatic carbocycles. The molecule has 1 unspecified atom stereocenters. The summed E-state index contributed by atoms with van der Waals surface area (Å²) in [4.78, 5) is 0. The number of aliphatic hydroxyl groups is 2. The molecule has 1 aromatic carbocycles. The van der Waals surface area contributed by atoms with Gasteiger partial charge in [-0.05, 0) is 49.4 Å². The Morgan fingerprint density at radius 1 is 1.24 bits per heavy atom. The predicted octanol–water partition coefficient (Wildman–Crippen LogP) is 2.17. The van der Waals surface area contributed by atoms with Crippen LogP contribution in [-0.4, -0.2) is 30.0 Å². The van der Waals surface area contributed by atoms with Gasteiger partial charge in [0.1, 0.15) is 11.4 Å². The van der Waals surface area contributed by atoms with Crippen molar-refractivity contribution in [2.45, 2.75) is 44.1 Å². The summed E-state index contributed by atoms with van der Waals surface area (Å²) >= 11 is 0. The highest BCUT2D eigenvalue weighted by Crippen LogP contribution is 2.28. The molecule has 1 saturated carbocycles. The van der Waals surface area contributed by atoms with Crippen LogP contribution in [0.3, 0.4) is 0 Å². The van der Waals surface area contributed by atoms with Gasteiger partial charge >= 0.3 is 0 Å². The van der Waals surface area contributed by atoms with Gasteiger partial charge in [-0.1, -0.05) is 31.4 Å². The highest BCUT2D eigenvalue weighted by atomic mass is 16.5. The van der Waals surface area contributed by atoms with Gasteiger partial charge < -0.3 is 20.7 Å². The van der Waals surface area contributed by atoms with Gasteiger partial charge in [-0.3, -0.25) is 0 Å². The summed E-state index contributed by atoms with van der Waals surface area (Å²) in [6.07, 6.45) is 6.76. The standard InChI is InChI=1S/C17H27NO3/c18-10-9-17(20,13-19)15-7-4-8-16(11-15)21-12-14-5-2-1-3-6-14/h4,7-8,11,14,19-20H,1-3,5-6,9-10,12-13,18H2. The maximum absolute atomic E-state index is 10.4. The van der Waals surface area contributed by atoms with Crippen LogP contribution in [-0.2, 0) is 5.60 Å². The van der Waals surface area contributed by atoms with Gasteiger partial charge in [0.05, 0.1) is 13.2 Å². The number of rotatable bonds is 7. The molecule has 0 aliphatic heterocycles. The largest absolute Gasteiger partial charge is 0.493 e. The fourth-order valence-electron chi connectivity index (χ4n) is 3.00. The summed E-state index contributed by atoms with van der Waals surface area (Å²) in [5.74, 6) is 1.39. The minimum atomic E-state index is -1.28. The minimum Gasteiger partial charge on any atom is -0.493 e. The molecule has 0 aromatic heterocycles. The second-order valence-electron chi connectivity index (χ2n) is 6.07. The van der Waals surface area contributed by atoms with Crippen LogP contribution < -0.4 is 10.5 Å². The quantitative estimate of drug-likeness (QED) is 0.720. The molecule has 0 saturated heterocycles. The van der Waals surface area contributed by atoms with Crippen molar-refractivity contribution >= 4 is 0 Å². The van der Waals surface area contributed by atoms with Gasteiger partial charge in [0.25, 0.3) is 0 Å². The first-order valence-electron chi connectivity index (χ1n) is 7.94. The average molecular weight is 293 g/mol. The highest BCUT2D eigenvalue weighted by Gasteiger charge is 2.28.